The zero-order valence-corrected chi connectivity index (χ0v) is 15.2. The van der Waals surface area contributed by atoms with Crippen LogP contribution in [0.2, 0.25) is 0 Å². The van der Waals surface area contributed by atoms with Gasteiger partial charge in [-0.1, -0.05) is 66.4 Å². The molecule has 1 aromatic heterocycles. The maximum Gasteiger partial charge on any atom is 0.277 e. The van der Waals surface area contributed by atoms with Crippen LogP contribution in [0.5, 0.6) is 5.75 Å². The van der Waals surface area contributed by atoms with Gasteiger partial charge in [-0.25, -0.2) is 0 Å². The lowest BCUT2D eigenvalue weighted by atomic mass is 10.1. The largest absolute Gasteiger partial charge is 0.484 e. The molecule has 4 rings (SSSR count). The first-order valence-electron chi connectivity index (χ1n) is 8.39. The van der Waals surface area contributed by atoms with Crippen LogP contribution in [0.3, 0.4) is 0 Å². The van der Waals surface area contributed by atoms with Gasteiger partial charge >= 0.3 is 0 Å². The van der Waals surface area contributed by atoms with Crippen LogP contribution in [-0.2, 0) is 12.4 Å². The molecular weight excluding hydrogens is 344 g/mol. The highest BCUT2D eigenvalue weighted by Gasteiger charge is 2.09. The first kappa shape index (κ1) is 16.7. The SMILES string of the molecule is Cc1cccc(OCc2nnc(SCc3cccc4ccccc34)o2)c1. The molecule has 0 saturated carbocycles. The second kappa shape index (κ2) is 7.62. The van der Waals surface area contributed by atoms with Crippen LogP contribution in [0.4, 0.5) is 0 Å². The molecule has 26 heavy (non-hydrogen) atoms. The van der Waals surface area contributed by atoms with Crippen LogP contribution in [-0.4, -0.2) is 10.2 Å². The predicted octanol–water partition coefficient (Wildman–Crippen LogP) is 5.40. The third kappa shape index (κ3) is 3.89. The molecule has 0 unspecified atom stereocenters. The molecule has 130 valence electrons. The lowest BCUT2D eigenvalue weighted by Gasteiger charge is -2.04. The average molecular weight is 362 g/mol. The summed E-state index contributed by atoms with van der Waals surface area (Å²) in [6.45, 7) is 2.30. The standard InChI is InChI=1S/C21H18N2O2S/c1-15-6-4-10-18(12-15)24-13-20-22-23-21(25-20)26-14-17-9-5-8-16-7-2-3-11-19(16)17/h2-12H,13-14H2,1H3. The summed E-state index contributed by atoms with van der Waals surface area (Å²) in [6, 6.07) is 22.6. The Morgan fingerprint density at radius 3 is 2.73 bits per heavy atom. The van der Waals surface area contributed by atoms with Gasteiger partial charge in [0.15, 0.2) is 6.61 Å². The van der Waals surface area contributed by atoms with Gasteiger partial charge in [0.25, 0.3) is 11.1 Å². The minimum atomic E-state index is 0.269. The summed E-state index contributed by atoms with van der Waals surface area (Å²) in [6.07, 6.45) is 0. The molecule has 4 aromatic rings. The molecule has 0 amide bonds. The van der Waals surface area contributed by atoms with Crippen LogP contribution in [0, 0.1) is 6.92 Å². The molecule has 0 aliphatic heterocycles. The Balaban J connectivity index is 1.39. The maximum atomic E-state index is 5.70. The number of nitrogens with zero attached hydrogens (tertiary/aromatic N) is 2. The van der Waals surface area contributed by atoms with Crippen molar-refractivity contribution < 1.29 is 9.15 Å². The van der Waals surface area contributed by atoms with Crippen molar-refractivity contribution in [3.63, 3.8) is 0 Å². The third-order valence-corrected chi connectivity index (χ3v) is 4.90. The Bertz CT molecular complexity index is 1020. The molecule has 4 nitrogen and oxygen atoms in total. The number of benzene rings is 3. The smallest absolute Gasteiger partial charge is 0.277 e. The summed E-state index contributed by atoms with van der Waals surface area (Å²) in [7, 11) is 0. The Morgan fingerprint density at radius 2 is 1.81 bits per heavy atom. The van der Waals surface area contributed by atoms with E-state index < -0.39 is 0 Å². The number of ether oxygens (including phenoxy) is 1. The topological polar surface area (TPSA) is 48.2 Å². The average Bonchev–Trinajstić information content (AvgIpc) is 3.13. The minimum Gasteiger partial charge on any atom is -0.484 e. The molecule has 0 aliphatic rings. The van der Waals surface area contributed by atoms with Crippen LogP contribution in [0.1, 0.15) is 17.0 Å². The fourth-order valence-electron chi connectivity index (χ4n) is 2.76. The van der Waals surface area contributed by atoms with Gasteiger partial charge in [0.1, 0.15) is 5.75 Å². The number of aromatic nitrogens is 2. The highest BCUT2D eigenvalue weighted by atomic mass is 32.2. The first-order chi connectivity index (χ1) is 12.8. The number of fused-ring (bicyclic) bond motifs is 1. The fraction of sp³-hybridized carbons (Fsp3) is 0.143. The van der Waals surface area contributed by atoms with E-state index in [0.29, 0.717) is 11.1 Å². The molecule has 0 aliphatic carbocycles. The molecule has 0 fully saturated rings. The van der Waals surface area contributed by atoms with Crippen molar-refractivity contribution in [3.05, 3.63) is 83.7 Å². The predicted molar refractivity (Wildman–Crippen MR) is 103 cm³/mol. The summed E-state index contributed by atoms with van der Waals surface area (Å²) in [5, 5.41) is 11.2. The molecular formula is C21H18N2O2S. The lowest BCUT2D eigenvalue weighted by molar-refractivity contribution is 0.252. The molecule has 0 atom stereocenters. The van der Waals surface area contributed by atoms with Crippen molar-refractivity contribution in [2.45, 2.75) is 24.5 Å². The Labute approximate surface area is 156 Å². The van der Waals surface area contributed by atoms with E-state index in [-0.39, 0.29) is 6.61 Å². The normalized spacial score (nSPS) is 11.0. The molecule has 1 heterocycles. The van der Waals surface area contributed by atoms with E-state index in [4.69, 9.17) is 9.15 Å². The molecule has 0 N–H and O–H groups in total. The molecule has 0 bridgehead atoms. The molecule has 3 aromatic carbocycles. The van der Waals surface area contributed by atoms with Gasteiger partial charge in [-0.3, -0.25) is 0 Å². The second-order valence-corrected chi connectivity index (χ2v) is 6.92. The highest BCUT2D eigenvalue weighted by molar-refractivity contribution is 7.98. The van der Waals surface area contributed by atoms with Crippen molar-refractivity contribution in [1.29, 1.82) is 0 Å². The molecule has 0 radical (unpaired) electrons. The fourth-order valence-corrected chi connectivity index (χ4v) is 3.55. The summed E-state index contributed by atoms with van der Waals surface area (Å²) in [5.41, 5.74) is 2.41. The van der Waals surface area contributed by atoms with E-state index in [2.05, 4.69) is 52.7 Å². The zero-order chi connectivity index (χ0) is 17.8. The van der Waals surface area contributed by atoms with E-state index in [9.17, 15) is 0 Å². The molecule has 0 spiro atoms. The first-order valence-corrected chi connectivity index (χ1v) is 9.38. The maximum absolute atomic E-state index is 5.70. The van der Waals surface area contributed by atoms with Gasteiger partial charge in [0.05, 0.1) is 0 Å². The van der Waals surface area contributed by atoms with Crippen molar-refractivity contribution in [1.82, 2.24) is 10.2 Å². The summed E-state index contributed by atoms with van der Waals surface area (Å²) >= 11 is 1.54. The van der Waals surface area contributed by atoms with Gasteiger partial charge in [-0.05, 0) is 41.0 Å². The number of thioether (sulfide) groups is 1. The van der Waals surface area contributed by atoms with Crippen LogP contribution >= 0.6 is 11.8 Å². The van der Waals surface area contributed by atoms with Crippen molar-refractivity contribution >= 4 is 22.5 Å². The van der Waals surface area contributed by atoms with Gasteiger partial charge in [-0.15, -0.1) is 10.2 Å². The van der Waals surface area contributed by atoms with E-state index >= 15 is 0 Å². The van der Waals surface area contributed by atoms with Gasteiger partial charge in [0, 0.05) is 5.75 Å². The van der Waals surface area contributed by atoms with Gasteiger partial charge in [-0.2, -0.15) is 0 Å². The Hall–Kier alpha value is -2.79. The van der Waals surface area contributed by atoms with Gasteiger partial charge in [0.2, 0.25) is 0 Å². The van der Waals surface area contributed by atoms with Crippen LogP contribution in [0.15, 0.2) is 76.4 Å². The van der Waals surface area contributed by atoms with Crippen LogP contribution < -0.4 is 4.74 Å². The number of rotatable bonds is 6. The van der Waals surface area contributed by atoms with E-state index in [0.717, 1.165) is 17.1 Å². The summed E-state index contributed by atoms with van der Waals surface area (Å²) < 4.78 is 11.4. The van der Waals surface area contributed by atoms with E-state index in [1.165, 1.54) is 28.1 Å². The monoisotopic (exact) mass is 362 g/mol. The Morgan fingerprint density at radius 1 is 0.962 bits per heavy atom. The van der Waals surface area contributed by atoms with Crippen molar-refractivity contribution in [2.24, 2.45) is 0 Å². The number of hydrogen-bond donors (Lipinski definition) is 0. The van der Waals surface area contributed by atoms with E-state index in [1.54, 1.807) is 0 Å². The van der Waals surface area contributed by atoms with E-state index in [1.807, 2.05) is 31.2 Å². The number of aryl methyl sites for hydroxylation is 1. The van der Waals surface area contributed by atoms with Crippen molar-refractivity contribution in [3.8, 4) is 5.75 Å². The molecule has 5 heteroatoms. The molecule has 0 saturated heterocycles. The summed E-state index contributed by atoms with van der Waals surface area (Å²) in [4.78, 5) is 0. The summed E-state index contributed by atoms with van der Waals surface area (Å²) in [5.74, 6) is 2.06. The minimum absolute atomic E-state index is 0.269. The van der Waals surface area contributed by atoms with Crippen molar-refractivity contribution in [2.75, 3.05) is 0 Å². The number of hydrogen-bond acceptors (Lipinski definition) is 5. The lowest BCUT2D eigenvalue weighted by Crippen LogP contribution is -1.95. The van der Waals surface area contributed by atoms with Crippen LogP contribution in [0.25, 0.3) is 10.8 Å². The zero-order valence-electron chi connectivity index (χ0n) is 14.4. The quantitative estimate of drug-likeness (QED) is 0.430. The highest BCUT2D eigenvalue weighted by Crippen LogP contribution is 2.26. The van der Waals surface area contributed by atoms with Gasteiger partial charge < -0.3 is 9.15 Å². The third-order valence-electron chi connectivity index (χ3n) is 4.03. The Kier molecular flexibility index (Phi) is 4.88. The second-order valence-electron chi connectivity index (χ2n) is 5.99.